The fourth-order valence-electron chi connectivity index (χ4n) is 1.60. The van der Waals surface area contributed by atoms with Crippen LogP contribution in [0.3, 0.4) is 0 Å². The molecule has 2 aromatic rings. The van der Waals surface area contributed by atoms with Crippen LogP contribution in [0.15, 0.2) is 36.4 Å². The molecule has 0 heterocycles. The number of carbonyl (C=O) groups is 1. The zero-order valence-corrected chi connectivity index (χ0v) is 13.9. The smallest absolute Gasteiger partial charge is 0.271 e. The van der Waals surface area contributed by atoms with E-state index in [1.54, 1.807) is 18.2 Å². The molecular formula is C13H7Cl2IN2O3. The van der Waals surface area contributed by atoms with E-state index >= 15 is 0 Å². The SMILES string of the molecule is O=C(Nc1ccc(Cl)cc1I)c1cc(Cl)cc([N+](=O)[O-])c1. The second-order valence-corrected chi connectivity index (χ2v) is 6.07. The Balaban J connectivity index is 2.30. The van der Waals surface area contributed by atoms with Gasteiger partial charge in [0, 0.05) is 31.3 Å². The van der Waals surface area contributed by atoms with Crippen molar-refractivity contribution in [2.24, 2.45) is 0 Å². The molecule has 0 radical (unpaired) electrons. The molecule has 0 bridgehead atoms. The molecule has 1 amide bonds. The van der Waals surface area contributed by atoms with Crippen molar-refractivity contribution in [2.75, 3.05) is 5.32 Å². The first-order chi connectivity index (χ1) is 9.86. The van der Waals surface area contributed by atoms with E-state index in [1.807, 2.05) is 22.6 Å². The van der Waals surface area contributed by atoms with Crippen LogP contribution < -0.4 is 5.32 Å². The zero-order valence-electron chi connectivity index (χ0n) is 10.3. The van der Waals surface area contributed by atoms with Crippen LogP contribution in [-0.2, 0) is 0 Å². The van der Waals surface area contributed by atoms with E-state index in [-0.39, 0.29) is 16.3 Å². The largest absolute Gasteiger partial charge is 0.321 e. The molecule has 0 spiro atoms. The summed E-state index contributed by atoms with van der Waals surface area (Å²) in [6.07, 6.45) is 0. The average Bonchev–Trinajstić information content (AvgIpc) is 2.41. The zero-order chi connectivity index (χ0) is 15.6. The Morgan fingerprint density at radius 3 is 2.48 bits per heavy atom. The molecule has 2 aromatic carbocycles. The van der Waals surface area contributed by atoms with E-state index in [0.717, 1.165) is 3.57 Å². The molecule has 0 aliphatic carbocycles. The van der Waals surface area contributed by atoms with Crippen LogP contribution in [0.5, 0.6) is 0 Å². The summed E-state index contributed by atoms with van der Waals surface area (Å²) in [5, 5.41) is 14.1. The number of rotatable bonds is 3. The second-order valence-electron chi connectivity index (χ2n) is 4.03. The van der Waals surface area contributed by atoms with Gasteiger partial charge in [-0.2, -0.15) is 0 Å². The molecule has 2 rings (SSSR count). The van der Waals surface area contributed by atoms with Crippen molar-refractivity contribution in [3.63, 3.8) is 0 Å². The molecule has 0 saturated carbocycles. The lowest BCUT2D eigenvalue weighted by molar-refractivity contribution is -0.384. The maximum Gasteiger partial charge on any atom is 0.271 e. The number of hydrogen-bond acceptors (Lipinski definition) is 3. The van der Waals surface area contributed by atoms with Crippen LogP contribution in [0, 0.1) is 13.7 Å². The van der Waals surface area contributed by atoms with Crippen molar-refractivity contribution in [3.05, 3.63) is 65.7 Å². The van der Waals surface area contributed by atoms with E-state index in [4.69, 9.17) is 23.2 Å². The molecule has 0 aliphatic rings. The van der Waals surface area contributed by atoms with Gasteiger partial charge >= 0.3 is 0 Å². The summed E-state index contributed by atoms with van der Waals surface area (Å²) in [5.41, 5.74) is 0.436. The number of nitro groups is 1. The molecule has 5 nitrogen and oxygen atoms in total. The van der Waals surface area contributed by atoms with Gasteiger partial charge in [0.1, 0.15) is 0 Å². The Kier molecular flexibility index (Phi) is 5.02. The van der Waals surface area contributed by atoms with Gasteiger partial charge in [-0.15, -0.1) is 0 Å². The first-order valence-electron chi connectivity index (χ1n) is 5.58. The number of carbonyl (C=O) groups excluding carboxylic acids is 1. The third-order valence-corrected chi connectivity index (χ3v) is 3.88. The number of non-ortho nitro benzene ring substituents is 1. The number of nitrogens with zero attached hydrogens (tertiary/aromatic N) is 1. The number of amides is 1. The molecule has 21 heavy (non-hydrogen) atoms. The average molecular weight is 437 g/mol. The van der Waals surface area contributed by atoms with Gasteiger partial charge in [0.25, 0.3) is 11.6 Å². The second kappa shape index (κ2) is 6.59. The summed E-state index contributed by atoms with van der Waals surface area (Å²) in [7, 11) is 0. The molecule has 0 unspecified atom stereocenters. The summed E-state index contributed by atoms with van der Waals surface area (Å²) in [6.45, 7) is 0. The minimum Gasteiger partial charge on any atom is -0.321 e. The van der Waals surface area contributed by atoms with Crippen LogP contribution >= 0.6 is 45.8 Å². The number of benzene rings is 2. The van der Waals surface area contributed by atoms with Crippen molar-refractivity contribution in [1.29, 1.82) is 0 Å². The van der Waals surface area contributed by atoms with Crippen LogP contribution in [0.25, 0.3) is 0 Å². The number of nitro benzene ring substituents is 1. The minimum atomic E-state index is -0.602. The van der Waals surface area contributed by atoms with Gasteiger partial charge in [-0.05, 0) is 46.9 Å². The molecule has 0 aliphatic heterocycles. The lowest BCUT2D eigenvalue weighted by atomic mass is 10.2. The lowest BCUT2D eigenvalue weighted by Crippen LogP contribution is -2.13. The van der Waals surface area contributed by atoms with Gasteiger partial charge in [-0.1, -0.05) is 23.2 Å². The highest BCUT2D eigenvalue weighted by atomic mass is 127. The van der Waals surface area contributed by atoms with Gasteiger partial charge < -0.3 is 5.32 Å². The highest BCUT2D eigenvalue weighted by Crippen LogP contribution is 2.25. The van der Waals surface area contributed by atoms with E-state index in [0.29, 0.717) is 10.7 Å². The van der Waals surface area contributed by atoms with E-state index < -0.39 is 10.8 Å². The minimum absolute atomic E-state index is 0.111. The normalized spacial score (nSPS) is 10.2. The first-order valence-corrected chi connectivity index (χ1v) is 7.41. The molecule has 0 saturated heterocycles. The van der Waals surface area contributed by atoms with Crippen LogP contribution in [0.1, 0.15) is 10.4 Å². The van der Waals surface area contributed by atoms with E-state index in [1.165, 1.54) is 18.2 Å². The maximum absolute atomic E-state index is 12.1. The summed E-state index contributed by atoms with van der Waals surface area (Å²) < 4.78 is 0.755. The Hall–Kier alpha value is -1.38. The number of anilines is 1. The summed E-state index contributed by atoms with van der Waals surface area (Å²) in [5.74, 6) is -0.485. The molecule has 0 atom stereocenters. The Morgan fingerprint density at radius 2 is 1.86 bits per heavy atom. The molecule has 108 valence electrons. The van der Waals surface area contributed by atoms with E-state index in [9.17, 15) is 14.9 Å². The van der Waals surface area contributed by atoms with Crippen molar-refractivity contribution >= 4 is 63.1 Å². The molecule has 8 heteroatoms. The number of nitrogens with one attached hydrogen (secondary N) is 1. The third-order valence-electron chi connectivity index (χ3n) is 2.53. The van der Waals surface area contributed by atoms with Gasteiger partial charge in [0.15, 0.2) is 0 Å². The lowest BCUT2D eigenvalue weighted by Gasteiger charge is -2.08. The van der Waals surface area contributed by atoms with Crippen LogP contribution in [-0.4, -0.2) is 10.8 Å². The number of halogens is 3. The standard InChI is InChI=1S/C13H7Cl2IN2O3/c14-8-1-2-12(11(16)6-8)17-13(19)7-3-9(15)5-10(4-7)18(20)21/h1-6H,(H,17,19). The molecular weight excluding hydrogens is 430 g/mol. The summed E-state index contributed by atoms with van der Waals surface area (Å²) >= 11 is 13.7. The quantitative estimate of drug-likeness (QED) is 0.428. The topological polar surface area (TPSA) is 72.2 Å². The predicted octanol–water partition coefficient (Wildman–Crippen LogP) is 4.76. The fourth-order valence-corrected chi connectivity index (χ4v) is 2.83. The predicted molar refractivity (Wildman–Crippen MR) is 90.2 cm³/mol. The van der Waals surface area contributed by atoms with E-state index in [2.05, 4.69) is 5.32 Å². The Labute approximate surface area is 143 Å². The van der Waals surface area contributed by atoms with Gasteiger partial charge in [0.2, 0.25) is 0 Å². The monoisotopic (exact) mass is 436 g/mol. The Morgan fingerprint density at radius 1 is 1.14 bits per heavy atom. The first kappa shape index (κ1) is 16.0. The van der Waals surface area contributed by atoms with Crippen molar-refractivity contribution in [2.45, 2.75) is 0 Å². The summed E-state index contributed by atoms with van der Waals surface area (Å²) in [4.78, 5) is 22.3. The molecule has 0 aromatic heterocycles. The van der Waals surface area contributed by atoms with Gasteiger partial charge in [-0.25, -0.2) is 0 Å². The fraction of sp³-hybridized carbons (Fsp3) is 0. The van der Waals surface area contributed by atoms with Crippen molar-refractivity contribution < 1.29 is 9.72 Å². The maximum atomic E-state index is 12.1. The summed E-state index contributed by atoms with van der Waals surface area (Å²) in [6, 6.07) is 8.71. The van der Waals surface area contributed by atoms with Crippen LogP contribution in [0.4, 0.5) is 11.4 Å². The molecule has 0 fully saturated rings. The number of hydrogen-bond donors (Lipinski definition) is 1. The van der Waals surface area contributed by atoms with Crippen molar-refractivity contribution in [3.8, 4) is 0 Å². The van der Waals surface area contributed by atoms with Gasteiger partial charge in [0.05, 0.1) is 10.6 Å². The highest BCUT2D eigenvalue weighted by Gasteiger charge is 2.15. The molecule has 1 N–H and O–H groups in total. The third kappa shape index (κ3) is 4.05. The Bertz CT molecular complexity index is 737. The van der Waals surface area contributed by atoms with Crippen LogP contribution in [0.2, 0.25) is 10.0 Å². The van der Waals surface area contributed by atoms with Crippen molar-refractivity contribution in [1.82, 2.24) is 0 Å². The highest BCUT2D eigenvalue weighted by molar-refractivity contribution is 14.1. The van der Waals surface area contributed by atoms with Gasteiger partial charge in [-0.3, -0.25) is 14.9 Å².